The minimum Gasteiger partial charge on any atom is -0.321 e. The zero-order valence-corrected chi connectivity index (χ0v) is 14.9. The highest BCUT2D eigenvalue weighted by atomic mass is 35.5. The fourth-order valence-corrected chi connectivity index (χ4v) is 3.25. The predicted molar refractivity (Wildman–Crippen MR) is 95.2 cm³/mol. The van der Waals surface area contributed by atoms with Gasteiger partial charge < -0.3 is 5.32 Å². The second kappa shape index (κ2) is 7.79. The number of nitrogens with zero attached hydrogens (tertiary/aromatic N) is 4. The van der Waals surface area contributed by atoms with Crippen molar-refractivity contribution >= 4 is 35.0 Å². The van der Waals surface area contributed by atoms with Gasteiger partial charge in [0.25, 0.3) is 11.7 Å². The molecule has 3 aromatic rings. The number of rotatable bonds is 5. The summed E-state index contributed by atoms with van der Waals surface area (Å²) in [4.78, 5) is 12.6. The maximum Gasteiger partial charge on any atom is 0.289 e. The molecule has 134 valence electrons. The number of anilines is 1. The van der Waals surface area contributed by atoms with Crippen molar-refractivity contribution in [3.8, 4) is 5.69 Å². The van der Waals surface area contributed by atoms with Crippen molar-refractivity contribution in [1.82, 2.24) is 20.2 Å². The van der Waals surface area contributed by atoms with Crippen LogP contribution in [0.15, 0.2) is 47.6 Å². The van der Waals surface area contributed by atoms with Gasteiger partial charge in [-0.25, -0.2) is 4.68 Å². The van der Waals surface area contributed by atoms with Gasteiger partial charge in [0.05, 0.1) is 21.3 Å². The average Bonchev–Trinajstić information content (AvgIpc) is 3.11. The van der Waals surface area contributed by atoms with Gasteiger partial charge >= 0.3 is 0 Å². The third-order valence-corrected chi connectivity index (χ3v) is 4.76. The van der Waals surface area contributed by atoms with Crippen LogP contribution in [0.2, 0.25) is 5.02 Å². The number of aryl methyl sites for hydroxylation is 1. The maximum absolute atomic E-state index is 12.7. The number of nitrogens with one attached hydrogen (secondary N) is 1. The molecule has 0 unspecified atom stereocenters. The van der Waals surface area contributed by atoms with Crippen molar-refractivity contribution in [2.24, 2.45) is 0 Å². The summed E-state index contributed by atoms with van der Waals surface area (Å²) in [5, 5.41) is 13.7. The van der Waals surface area contributed by atoms with Crippen molar-refractivity contribution in [3.63, 3.8) is 0 Å². The highest BCUT2D eigenvalue weighted by Crippen LogP contribution is 2.37. The monoisotopic (exact) mass is 395 g/mol. The quantitative estimate of drug-likeness (QED) is 0.656. The van der Waals surface area contributed by atoms with E-state index in [2.05, 4.69) is 20.8 Å². The first-order valence-corrected chi connectivity index (χ1v) is 8.60. The van der Waals surface area contributed by atoms with Crippen molar-refractivity contribution in [2.75, 3.05) is 5.32 Å². The van der Waals surface area contributed by atoms with Crippen molar-refractivity contribution in [2.45, 2.75) is 17.6 Å². The van der Waals surface area contributed by atoms with Gasteiger partial charge in [-0.3, -0.25) is 4.79 Å². The molecular weight excluding hydrogens is 384 g/mol. The summed E-state index contributed by atoms with van der Waals surface area (Å²) in [6.07, 6.45) is 1.45. The molecule has 0 aliphatic rings. The molecule has 1 aromatic heterocycles. The Morgan fingerprint density at radius 1 is 1.31 bits per heavy atom. The summed E-state index contributed by atoms with van der Waals surface area (Å²) in [7, 11) is 0. The first-order chi connectivity index (χ1) is 12.5. The first kappa shape index (κ1) is 18.3. The van der Waals surface area contributed by atoms with Crippen molar-refractivity contribution in [3.05, 3.63) is 58.9 Å². The van der Waals surface area contributed by atoms with Crippen LogP contribution in [-0.2, 0) is 0 Å². The summed E-state index contributed by atoms with van der Waals surface area (Å²) in [5.41, 5.74) is 2.10. The van der Waals surface area contributed by atoms with Crippen LogP contribution in [0.25, 0.3) is 5.69 Å². The van der Waals surface area contributed by atoms with E-state index in [1.807, 2.05) is 6.92 Å². The summed E-state index contributed by atoms with van der Waals surface area (Å²) in [6.45, 7) is 1.81. The lowest BCUT2D eigenvalue weighted by atomic mass is 10.1. The van der Waals surface area contributed by atoms with Crippen LogP contribution in [0.5, 0.6) is 0 Å². The van der Waals surface area contributed by atoms with Crippen molar-refractivity contribution < 1.29 is 13.6 Å². The summed E-state index contributed by atoms with van der Waals surface area (Å²) >= 11 is 6.27. The van der Waals surface area contributed by atoms with E-state index in [0.29, 0.717) is 5.56 Å². The second-order valence-electron chi connectivity index (χ2n) is 5.20. The van der Waals surface area contributed by atoms with Gasteiger partial charge in [-0.2, -0.15) is 8.78 Å². The van der Waals surface area contributed by atoms with Gasteiger partial charge in [0, 0.05) is 5.56 Å². The standard InChI is InChI=1S/C16H12ClF2N5OS/c1-9-7-10(5-6-13(9)24-8-20-22-23-24)15(25)21-12-4-2-3-11(17)14(12)26-16(18)19/h2-8,16H,1H3,(H,21,25). The summed E-state index contributed by atoms with van der Waals surface area (Å²) < 4.78 is 27.0. The third-order valence-electron chi connectivity index (χ3n) is 3.48. The molecular formula is C16H12ClF2N5OS. The van der Waals surface area contributed by atoms with E-state index in [-0.39, 0.29) is 27.4 Å². The maximum atomic E-state index is 12.7. The van der Waals surface area contributed by atoms with Crippen LogP contribution in [0.3, 0.4) is 0 Å². The Bertz CT molecular complexity index is 936. The summed E-state index contributed by atoms with van der Waals surface area (Å²) in [5.74, 6) is -3.09. The first-order valence-electron chi connectivity index (χ1n) is 7.34. The second-order valence-corrected chi connectivity index (χ2v) is 6.61. The highest BCUT2D eigenvalue weighted by Gasteiger charge is 2.16. The average molecular weight is 396 g/mol. The molecule has 1 amide bonds. The lowest BCUT2D eigenvalue weighted by molar-refractivity contribution is 0.102. The fourth-order valence-electron chi connectivity index (χ4n) is 2.34. The number of hydrogen-bond acceptors (Lipinski definition) is 5. The van der Waals surface area contributed by atoms with E-state index >= 15 is 0 Å². The number of amides is 1. The molecule has 0 atom stereocenters. The van der Waals surface area contributed by atoms with Gasteiger partial charge in [-0.15, -0.1) is 5.10 Å². The van der Waals surface area contributed by atoms with Gasteiger partial charge in [-0.05, 0) is 53.2 Å². The Kier molecular flexibility index (Phi) is 5.48. The molecule has 0 aliphatic carbocycles. The Labute approximate surface area is 156 Å². The number of carbonyl (C=O) groups excluding carboxylic acids is 1. The highest BCUT2D eigenvalue weighted by molar-refractivity contribution is 7.99. The molecule has 10 heteroatoms. The van der Waals surface area contributed by atoms with E-state index < -0.39 is 11.7 Å². The number of aromatic nitrogens is 4. The molecule has 0 aliphatic heterocycles. The molecule has 0 saturated carbocycles. The Morgan fingerprint density at radius 3 is 2.77 bits per heavy atom. The van der Waals surface area contributed by atoms with Crippen LogP contribution in [0, 0.1) is 6.92 Å². The number of tetrazole rings is 1. The smallest absolute Gasteiger partial charge is 0.289 e. The molecule has 0 saturated heterocycles. The molecule has 0 fully saturated rings. The zero-order valence-electron chi connectivity index (χ0n) is 13.4. The number of halogens is 3. The van der Waals surface area contributed by atoms with Crippen LogP contribution in [0.4, 0.5) is 14.5 Å². The lowest BCUT2D eigenvalue weighted by Crippen LogP contribution is -2.13. The Morgan fingerprint density at radius 2 is 2.12 bits per heavy atom. The zero-order chi connectivity index (χ0) is 18.7. The molecule has 0 spiro atoms. The van der Waals surface area contributed by atoms with Crippen LogP contribution < -0.4 is 5.32 Å². The van der Waals surface area contributed by atoms with Crippen LogP contribution in [0.1, 0.15) is 15.9 Å². The fraction of sp³-hybridized carbons (Fsp3) is 0.125. The molecule has 1 N–H and O–H groups in total. The topological polar surface area (TPSA) is 72.7 Å². The normalized spacial score (nSPS) is 11.0. The third kappa shape index (κ3) is 4.00. The number of alkyl halides is 2. The molecule has 0 bridgehead atoms. The molecule has 3 rings (SSSR count). The SMILES string of the molecule is Cc1cc(C(=O)Nc2cccc(Cl)c2SC(F)F)ccc1-n1cnnn1. The minimum absolute atomic E-state index is 0.125. The predicted octanol–water partition coefficient (Wildman–Crippen LogP) is 4.19. The molecule has 6 nitrogen and oxygen atoms in total. The molecule has 2 aromatic carbocycles. The van der Waals surface area contributed by atoms with E-state index in [1.54, 1.807) is 24.3 Å². The van der Waals surface area contributed by atoms with E-state index in [4.69, 9.17) is 11.6 Å². The minimum atomic E-state index is -2.65. The van der Waals surface area contributed by atoms with Gasteiger partial charge in [0.15, 0.2) is 0 Å². The lowest BCUT2D eigenvalue weighted by Gasteiger charge is -2.13. The van der Waals surface area contributed by atoms with Crippen LogP contribution in [-0.4, -0.2) is 31.9 Å². The van der Waals surface area contributed by atoms with Gasteiger partial charge in [-0.1, -0.05) is 29.4 Å². The number of hydrogen-bond donors (Lipinski definition) is 1. The molecule has 0 radical (unpaired) electrons. The number of carbonyl (C=O) groups is 1. The Hall–Kier alpha value is -2.52. The van der Waals surface area contributed by atoms with E-state index in [1.165, 1.54) is 23.1 Å². The molecule has 1 heterocycles. The van der Waals surface area contributed by atoms with Gasteiger partial charge in [0.2, 0.25) is 0 Å². The van der Waals surface area contributed by atoms with E-state index in [0.717, 1.165) is 11.3 Å². The summed E-state index contributed by atoms with van der Waals surface area (Å²) in [6, 6.07) is 9.57. The largest absolute Gasteiger partial charge is 0.321 e. The van der Waals surface area contributed by atoms with Crippen LogP contribution >= 0.6 is 23.4 Å². The van der Waals surface area contributed by atoms with Gasteiger partial charge in [0.1, 0.15) is 6.33 Å². The molecule has 26 heavy (non-hydrogen) atoms. The number of benzene rings is 2. The van der Waals surface area contributed by atoms with Crippen molar-refractivity contribution in [1.29, 1.82) is 0 Å². The Balaban J connectivity index is 1.85. The van der Waals surface area contributed by atoms with E-state index in [9.17, 15) is 13.6 Å². The number of thioether (sulfide) groups is 1.